The predicted octanol–water partition coefficient (Wildman–Crippen LogP) is 6.89. The van der Waals surface area contributed by atoms with Crippen molar-refractivity contribution in [1.82, 2.24) is 4.31 Å². The van der Waals surface area contributed by atoms with Crippen LogP contribution in [0.2, 0.25) is 0 Å². The van der Waals surface area contributed by atoms with Crippen LogP contribution in [-0.2, 0) is 16.4 Å². The van der Waals surface area contributed by atoms with Crippen molar-refractivity contribution in [3.63, 3.8) is 0 Å². The minimum Gasteiger partial charge on any atom is -0.289 e. The highest BCUT2D eigenvalue weighted by Gasteiger charge is 2.42. The van der Waals surface area contributed by atoms with Gasteiger partial charge in [-0.2, -0.15) is 4.31 Å². The minimum atomic E-state index is -3.85. The largest absolute Gasteiger partial charge is 0.289 e. The second-order valence-electron chi connectivity index (χ2n) is 10.4. The van der Waals surface area contributed by atoms with Gasteiger partial charge in [0.05, 0.1) is 10.9 Å². The number of rotatable bonds is 7. The van der Waals surface area contributed by atoms with Gasteiger partial charge >= 0.3 is 0 Å². The van der Waals surface area contributed by atoms with Gasteiger partial charge in [-0.3, -0.25) is 4.79 Å². The molecule has 0 aromatic heterocycles. The topological polar surface area (TPSA) is 54.5 Å². The first-order valence-corrected chi connectivity index (χ1v) is 14.7. The summed E-state index contributed by atoms with van der Waals surface area (Å²) in [5.41, 5.74) is 6.03. The summed E-state index contributed by atoms with van der Waals surface area (Å²) in [5, 5.41) is 0. The van der Waals surface area contributed by atoms with Crippen molar-refractivity contribution in [1.29, 1.82) is 0 Å². The maximum atomic E-state index is 14.2. The summed E-state index contributed by atoms with van der Waals surface area (Å²) in [7, 11) is -3.85. The van der Waals surface area contributed by atoms with Gasteiger partial charge in [0.2, 0.25) is 10.0 Å². The standard InChI is InChI=1S/C34H33NO3S/c1-24-14-18-29(19-15-24)34(36)32-26(3)23-35(39(37,38)30-20-16-25(2)17-21-30)31(22-27-10-6-4-7-11-27)33(32)28-12-8-5-9-13-28/h4-21,26,31H,22-23H2,1-3H3/t26-,31-/m0/s1. The van der Waals surface area contributed by atoms with Gasteiger partial charge < -0.3 is 0 Å². The highest BCUT2D eigenvalue weighted by Crippen LogP contribution is 2.40. The van der Waals surface area contributed by atoms with Crippen molar-refractivity contribution in [2.24, 2.45) is 5.92 Å². The number of benzene rings is 4. The Hall–Kier alpha value is -3.80. The van der Waals surface area contributed by atoms with Gasteiger partial charge in [0.15, 0.2) is 5.78 Å². The summed E-state index contributed by atoms with van der Waals surface area (Å²) in [5.74, 6) is -0.354. The quantitative estimate of drug-likeness (QED) is 0.242. The van der Waals surface area contributed by atoms with Gasteiger partial charge in [0.1, 0.15) is 0 Å². The Bertz CT molecular complexity index is 1590. The van der Waals surface area contributed by atoms with E-state index < -0.39 is 16.1 Å². The Morgan fingerprint density at radius 3 is 1.90 bits per heavy atom. The van der Waals surface area contributed by atoms with E-state index in [2.05, 4.69) is 0 Å². The summed E-state index contributed by atoms with van der Waals surface area (Å²) in [6.07, 6.45) is 0.452. The Kier molecular flexibility index (Phi) is 7.65. The molecule has 4 nitrogen and oxygen atoms in total. The van der Waals surface area contributed by atoms with Gasteiger partial charge in [0, 0.05) is 17.7 Å². The lowest BCUT2D eigenvalue weighted by molar-refractivity contribution is 0.101. The molecule has 0 saturated heterocycles. The van der Waals surface area contributed by atoms with E-state index in [1.54, 1.807) is 16.4 Å². The second-order valence-corrected chi connectivity index (χ2v) is 12.3. The van der Waals surface area contributed by atoms with Gasteiger partial charge in [-0.1, -0.05) is 115 Å². The van der Waals surface area contributed by atoms with Crippen LogP contribution < -0.4 is 0 Å². The molecule has 0 radical (unpaired) electrons. The van der Waals surface area contributed by atoms with Crippen molar-refractivity contribution in [3.05, 3.63) is 143 Å². The minimum absolute atomic E-state index is 0.0493. The first-order valence-electron chi connectivity index (χ1n) is 13.3. The SMILES string of the molecule is Cc1ccc(C(=O)C2=C(c3ccccc3)[C@H](Cc3ccccc3)N(S(=O)(=O)c3ccc(C)cc3)C[C@@H]2C)cc1. The lowest BCUT2D eigenvalue weighted by atomic mass is 9.78. The number of nitrogens with zero attached hydrogens (tertiary/aromatic N) is 1. The maximum absolute atomic E-state index is 14.2. The van der Waals surface area contributed by atoms with Gasteiger partial charge in [-0.05, 0) is 55.0 Å². The zero-order valence-electron chi connectivity index (χ0n) is 22.5. The molecule has 4 aromatic rings. The maximum Gasteiger partial charge on any atom is 0.243 e. The molecule has 1 heterocycles. The number of Topliss-reactive ketones (excluding diaryl/α,β-unsaturated/α-hetero) is 1. The highest BCUT2D eigenvalue weighted by molar-refractivity contribution is 7.89. The average molecular weight is 536 g/mol. The molecule has 0 amide bonds. The van der Waals surface area contributed by atoms with Crippen molar-refractivity contribution >= 4 is 21.4 Å². The fraction of sp³-hybridized carbons (Fsp3) is 0.206. The molecule has 0 saturated carbocycles. The Labute approximate surface area is 231 Å². The number of carbonyl (C=O) groups is 1. The van der Waals surface area contributed by atoms with Crippen LogP contribution in [0.1, 0.15) is 39.5 Å². The zero-order valence-corrected chi connectivity index (χ0v) is 23.4. The molecule has 0 N–H and O–H groups in total. The third-order valence-electron chi connectivity index (χ3n) is 7.46. The normalized spacial score (nSPS) is 18.2. The van der Waals surface area contributed by atoms with Gasteiger partial charge in [-0.25, -0.2) is 8.42 Å². The van der Waals surface area contributed by atoms with Crippen molar-refractivity contribution in [3.8, 4) is 0 Å². The molecule has 0 unspecified atom stereocenters. The van der Waals surface area contributed by atoms with Crippen LogP contribution in [0.5, 0.6) is 0 Å². The van der Waals surface area contributed by atoms with Crippen molar-refractivity contribution in [2.45, 2.75) is 38.1 Å². The number of carbonyl (C=O) groups excluding carboxylic acids is 1. The number of hydrogen-bond donors (Lipinski definition) is 0. The van der Waals surface area contributed by atoms with Crippen molar-refractivity contribution in [2.75, 3.05) is 6.54 Å². The van der Waals surface area contributed by atoms with Crippen LogP contribution >= 0.6 is 0 Å². The van der Waals surface area contributed by atoms with E-state index in [9.17, 15) is 13.2 Å². The lowest BCUT2D eigenvalue weighted by Gasteiger charge is -2.41. The van der Waals surface area contributed by atoms with Crippen molar-refractivity contribution < 1.29 is 13.2 Å². The fourth-order valence-corrected chi connectivity index (χ4v) is 7.09. The molecule has 0 spiro atoms. The zero-order chi connectivity index (χ0) is 27.6. The first kappa shape index (κ1) is 26.8. The first-order chi connectivity index (χ1) is 18.8. The Morgan fingerprint density at radius 1 is 0.769 bits per heavy atom. The van der Waals surface area contributed by atoms with Crippen LogP contribution in [0.4, 0.5) is 0 Å². The van der Waals surface area contributed by atoms with E-state index >= 15 is 0 Å². The molecule has 5 heteroatoms. The summed E-state index contributed by atoms with van der Waals surface area (Å²) < 4.78 is 30.1. The number of ketones is 1. The average Bonchev–Trinajstić information content (AvgIpc) is 2.95. The monoisotopic (exact) mass is 535 g/mol. The Morgan fingerprint density at radius 2 is 1.31 bits per heavy atom. The van der Waals surface area contributed by atoms with E-state index in [-0.39, 0.29) is 23.1 Å². The van der Waals surface area contributed by atoms with E-state index in [4.69, 9.17) is 0 Å². The molecule has 0 fully saturated rings. The molecular formula is C34H33NO3S. The predicted molar refractivity (Wildman–Crippen MR) is 157 cm³/mol. The van der Waals surface area contributed by atoms with Gasteiger partial charge in [-0.15, -0.1) is 0 Å². The number of sulfonamides is 1. The van der Waals surface area contributed by atoms with Gasteiger partial charge in [0.25, 0.3) is 0 Å². The Balaban J connectivity index is 1.74. The van der Waals surface area contributed by atoms with E-state index in [1.165, 1.54) is 0 Å². The third kappa shape index (κ3) is 5.51. The smallest absolute Gasteiger partial charge is 0.243 e. The summed E-state index contributed by atoms with van der Waals surface area (Å²) >= 11 is 0. The molecular weight excluding hydrogens is 502 g/mol. The van der Waals surface area contributed by atoms with E-state index in [1.807, 2.05) is 118 Å². The summed E-state index contributed by atoms with van der Waals surface area (Å²) in [6.45, 7) is 6.12. The van der Waals surface area contributed by atoms with Crippen LogP contribution in [-0.4, -0.2) is 31.1 Å². The van der Waals surface area contributed by atoms with E-state index in [0.29, 0.717) is 17.6 Å². The van der Waals surface area contributed by atoms with E-state index in [0.717, 1.165) is 27.8 Å². The molecule has 0 aliphatic carbocycles. The van der Waals surface area contributed by atoms with Crippen LogP contribution in [0, 0.1) is 19.8 Å². The summed E-state index contributed by atoms with van der Waals surface area (Å²) in [4.78, 5) is 14.4. The summed E-state index contributed by atoms with van der Waals surface area (Å²) in [6, 6.07) is 33.7. The molecule has 198 valence electrons. The molecule has 1 aliphatic rings. The lowest BCUT2D eigenvalue weighted by Crippen LogP contribution is -2.49. The molecule has 5 rings (SSSR count). The molecule has 2 atom stereocenters. The molecule has 39 heavy (non-hydrogen) atoms. The molecule has 1 aliphatic heterocycles. The third-order valence-corrected chi connectivity index (χ3v) is 9.35. The molecule has 0 bridgehead atoms. The number of aryl methyl sites for hydroxylation is 2. The van der Waals surface area contributed by atoms with Crippen LogP contribution in [0.25, 0.3) is 5.57 Å². The van der Waals surface area contributed by atoms with Crippen LogP contribution in [0.15, 0.2) is 120 Å². The fourth-order valence-electron chi connectivity index (χ4n) is 5.40. The second kappa shape index (κ2) is 11.1. The highest BCUT2D eigenvalue weighted by atomic mass is 32.2. The molecule has 4 aromatic carbocycles. The number of hydrogen-bond acceptors (Lipinski definition) is 3. The van der Waals surface area contributed by atoms with Crippen LogP contribution in [0.3, 0.4) is 0 Å².